The van der Waals surface area contributed by atoms with E-state index < -0.39 is 0 Å². The molecule has 1 aliphatic heterocycles. The monoisotopic (exact) mass is 155 g/mol. The molecule has 0 saturated carbocycles. The van der Waals surface area contributed by atoms with Crippen LogP contribution in [0.5, 0.6) is 0 Å². The van der Waals surface area contributed by atoms with Gasteiger partial charge in [0.2, 0.25) is 0 Å². The maximum atomic E-state index is 4.29. The summed E-state index contributed by atoms with van der Waals surface area (Å²) >= 11 is 1.78. The average molecular weight is 155 g/mol. The first kappa shape index (κ1) is 6.31. The number of nitrogens with two attached hydrogens (primary N) is 1. The Kier molecular flexibility index (Phi) is 1.69. The largest absolute Gasteiger partial charge is 0.338 e. The van der Waals surface area contributed by atoms with E-state index in [2.05, 4.69) is 15.7 Å². The van der Waals surface area contributed by atoms with Gasteiger partial charge in [0.05, 0.1) is 6.54 Å². The van der Waals surface area contributed by atoms with E-state index in [-0.39, 0.29) is 0 Å². The SMILES string of the molecule is c1csc([C@H]2CCC[NH2+]2)n1. The summed E-state index contributed by atoms with van der Waals surface area (Å²) in [6.07, 6.45) is 4.56. The van der Waals surface area contributed by atoms with Gasteiger partial charge >= 0.3 is 0 Å². The zero-order valence-electron chi connectivity index (χ0n) is 5.79. The van der Waals surface area contributed by atoms with Gasteiger partial charge in [-0.1, -0.05) is 0 Å². The van der Waals surface area contributed by atoms with E-state index >= 15 is 0 Å². The molecule has 2 rings (SSSR count). The number of rotatable bonds is 1. The number of hydrogen-bond donors (Lipinski definition) is 1. The highest BCUT2D eigenvalue weighted by Gasteiger charge is 2.21. The number of thiazole rings is 1. The summed E-state index contributed by atoms with van der Waals surface area (Å²) in [5.74, 6) is 0. The molecule has 1 aromatic heterocycles. The Morgan fingerprint density at radius 3 is 3.30 bits per heavy atom. The van der Waals surface area contributed by atoms with Gasteiger partial charge in [-0.15, -0.1) is 11.3 Å². The smallest absolute Gasteiger partial charge is 0.150 e. The van der Waals surface area contributed by atoms with E-state index in [0.717, 1.165) is 0 Å². The molecule has 0 aromatic carbocycles. The molecule has 2 N–H and O–H groups in total. The van der Waals surface area contributed by atoms with Gasteiger partial charge in [-0.25, -0.2) is 4.98 Å². The summed E-state index contributed by atoms with van der Waals surface area (Å²) < 4.78 is 0. The van der Waals surface area contributed by atoms with Crippen LogP contribution < -0.4 is 5.32 Å². The fourth-order valence-electron chi connectivity index (χ4n) is 1.42. The maximum Gasteiger partial charge on any atom is 0.150 e. The van der Waals surface area contributed by atoms with Crippen LogP contribution in [-0.2, 0) is 0 Å². The van der Waals surface area contributed by atoms with E-state index in [1.807, 2.05) is 6.20 Å². The Morgan fingerprint density at radius 2 is 2.70 bits per heavy atom. The molecule has 2 nitrogen and oxygen atoms in total. The Labute approximate surface area is 64.3 Å². The van der Waals surface area contributed by atoms with Gasteiger partial charge in [0.25, 0.3) is 0 Å². The van der Waals surface area contributed by atoms with Crippen LogP contribution in [0.1, 0.15) is 23.9 Å². The van der Waals surface area contributed by atoms with Crippen LogP contribution in [0.2, 0.25) is 0 Å². The second kappa shape index (κ2) is 2.68. The van der Waals surface area contributed by atoms with Gasteiger partial charge in [0.1, 0.15) is 6.04 Å². The summed E-state index contributed by atoms with van der Waals surface area (Å²) in [6, 6.07) is 0.681. The van der Waals surface area contributed by atoms with Crippen molar-refractivity contribution >= 4 is 11.3 Å². The van der Waals surface area contributed by atoms with E-state index in [9.17, 15) is 0 Å². The third-order valence-electron chi connectivity index (χ3n) is 1.94. The van der Waals surface area contributed by atoms with E-state index in [4.69, 9.17) is 0 Å². The van der Waals surface area contributed by atoms with Crippen LogP contribution in [0, 0.1) is 0 Å². The first-order valence-corrected chi connectivity index (χ1v) is 4.57. The molecule has 10 heavy (non-hydrogen) atoms. The molecule has 1 aromatic rings. The van der Waals surface area contributed by atoms with Gasteiger partial charge in [0, 0.05) is 24.4 Å². The minimum atomic E-state index is 0.681. The predicted octanol–water partition coefficient (Wildman–Crippen LogP) is 0.541. The van der Waals surface area contributed by atoms with Crippen LogP contribution in [-0.4, -0.2) is 11.5 Å². The lowest BCUT2D eigenvalue weighted by Gasteiger charge is -1.99. The van der Waals surface area contributed by atoms with E-state index in [1.165, 1.54) is 24.4 Å². The quantitative estimate of drug-likeness (QED) is 0.630. The predicted molar refractivity (Wildman–Crippen MR) is 40.9 cm³/mol. The number of hydrogen-bond acceptors (Lipinski definition) is 2. The highest BCUT2D eigenvalue weighted by molar-refractivity contribution is 7.09. The Hall–Kier alpha value is -0.410. The van der Waals surface area contributed by atoms with Gasteiger partial charge < -0.3 is 5.32 Å². The fraction of sp³-hybridized carbons (Fsp3) is 0.571. The molecule has 0 radical (unpaired) electrons. The highest BCUT2D eigenvalue weighted by atomic mass is 32.1. The van der Waals surface area contributed by atoms with E-state index in [1.54, 1.807) is 11.3 Å². The van der Waals surface area contributed by atoms with Crippen molar-refractivity contribution in [1.82, 2.24) is 4.98 Å². The van der Waals surface area contributed by atoms with Gasteiger partial charge in [-0.2, -0.15) is 0 Å². The van der Waals surface area contributed by atoms with Crippen LogP contribution in [0.3, 0.4) is 0 Å². The molecule has 54 valence electrons. The lowest BCUT2D eigenvalue weighted by molar-refractivity contribution is -0.676. The number of quaternary nitrogens is 1. The number of aromatic nitrogens is 1. The summed E-state index contributed by atoms with van der Waals surface area (Å²) in [5.41, 5.74) is 0. The van der Waals surface area contributed by atoms with Crippen molar-refractivity contribution in [2.45, 2.75) is 18.9 Å². The maximum absolute atomic E-state index is 4.29. The summed E-state index contributed by atoms with van der Waals surface area (Å²) in [6.45, 7) is 1.28. The zero-order valence-corrected chi connectivity index (χ0v) is 6.60. The Balaban J connectivity index is 2.12. The molecular weight excluding hydrogens is 144 g/mol. The lowest BCUT2D eigenvalue weighted by atomic mass is 10.2. The summed E-state index contributed by atoms with van der Waals surface area (Å²) in [5, 5.41) is 5.75. The third-order valence-corrected chi connectivity index (χ3v) is 2.85. The van der Waals surface area contributed by atoms with Crippen LogP contribution in [0.15, 0.2) is 11.6 Å². The molecule has 0 amide bonds. The molecule has 1 fully saturated rings. The van der Waals surface area contributed by atoms with Crippen molar-refractivity contribution in [3.63, 3.8) is 0 Å². The third kappa shape index (κ3) is 1.07. The minimum absolute atomic E-state index is 0.681. The van der Waals surface area contributed by atoms with Crippen molar-refractivity contribution < 1.29 is 5.32 Å². The minimum Gasteiger partial charge on any atom is -0.338 e. The topological polar surface area (TPSA) is 29.5 Å². The zero-order chi connectivity index (χ0) is 6.81. The number of nitrogens with zero attached hydrogens (tertiary/aromatic N) is 1. The average Bonchev–Trinajstić information content (AvgIpc) is 2.59. The Morgan fingerprint density at radius 1 is 1.70 bits per heavy atom. The molecule has 3 heteroatoms. The highest BCUT2D eigenvalue weighted by Crippen LogP contribution is 2.18. The Bertz CT molecular complexity index is 189. The van der Waals surface area contributed by atoms with Crippen molar-refractivity contribution in [3.05, 3.63) is 16.6 Å². The molecule has 0 aliphatic carbocycles. The second-order valence-electron chi connectivity index (χ2n) is 2.64. The molecule has 1 atom stereocenters. The second-order valence-corrected chi connectivity index (χ2v) is 3.57. The fourth-order valence-corrected chi connectivity index (χ4v) is 2.19. The van der Waals surface area contributed by atoms with Gasteiger partial charge in [-0.3, -0.25) is 0 Å². The van der Waals surface area contributed by atoms with Crippen LogP contribution in [0.4, 0.5) is 0 Å². The van der Waals surface area contributed by atoms with Crippen molar-refractivity contribution in [3.8, 4) is 0 Å². The summed E-state index contributed by atoms with van der Waals surface area (Å²) in [4.78, 5) is 4.29. The first-order valence-electron chi connectivity index (χ1n) is 3.69. The van der Waals surface area contributed by atoms with Crippen LogP contribution in [0.25, 0.3) is 0 Å². The van der Waals surface area contributed by atoms with Crippen molar-refractivity contribution in [2.24, 2.45) is 0 Å². The molecule has 0 bridgehead atoms. The molecular formula is C7H11N2S+. The molecule has 1 saturated heterocycles. The van der Waals surface area contributed by atoms with Gasteiger partial charge in [0.15, 0.2) is 5.01 Å². The first-order chi connectivity index (χ1) is 4.97. The summed E-state index contributed by atoms with van der Waals surface area (Å²) in [7, 11) is 0. The van der Waals surface area contributed by atoms with Crippen LogP contribution >= 0.6 is 11.3 Å². The lowest BCUT2D eigenvalue weighted by Crippen LogP contribution is -2.81. The molecule has 0 spiro atoms. The molecule has 0 unspecified atom stereocenters. The normalized spacial score (nSPS) is 25.4. The van der Waals surface area contributed by atoms with E-state index in [0.29, 0.717) is 6.04 Å². The molecule has 1 aliphatic rings. The van der Waals surface area contributed by atoms with Crippen molar-refractivity contribution in [2.75, 3.05) is 6.54 Å². The standard InChI is InChI=1S/C7H10N2S/c1-2-6(8-3-1)7-9-4-5-10-7/h4-6,8H,1-3H2/p+1/t6-/m1/s1. The van der Waals surface area contributed by atoms with Crippen molar-refractivity contribution in [1.29, 1.82) is 0 Å². The molecule has 2 heterocycles. The van der Waals surface area contributed by atoms with Gasteiger partial charge in [-0.05, 0) is 0 Å².